The second-order valence-electron chi connectivity index (χ2n) is 5.61. The van der Waals surface area contributed by atoms with E-state index in [0.717, 1.165) is 5.56 Å². The molecule has 0 amide bonds. The minimum atomic E-state index is -1.02. The standard InChI is InChI=1S/C18H23NO6/c1-4-24-16(20)12-13(17(21)25-5-2)15(18(22)23-3)19-14(12)11-9-7-6-8-10-11/h6-10,12-15,19H,4-5H2,1-3H3/t12-,13+,14-,15-/m0/s1. The lowest BCUT2D eigenvalue weighted by Crippen LogP contribution is -2.42. The zero-order chi connectivity index (χ0) is 18.4. The summed E-state index contributed by atoms with van der Waals surface area (Å²) in [7, 11) is 1.24. The van der Waals surface area contributed by atoms with Crippen molar-refractivity contribution in [1.82, 2.24) is 5.32 Å². The molecule has 2 rings (SSSR count). The Morgan fingerprint density at radius 1 is 0.920 bits per heavy atom. The van der Waals surface area contributed by atoms with Crippen LogP contribution in [0, 0.1) is 11.8 Å². The van der Waals surface area contributed by atoms with Crippen LogP contribution >= 0.6 is 0 Å². The smallest absolute Gasteiger partial charge is 0.323 e. The van der Waals surface area contributed by atoms with Gasteiger partial charge in [-0.25, -0.2) is 0 Å². The molecule has 1 aliphatic rings. The Kier molecular flexibility index (Phi) is 6.52. The van der Waals surface area contributed by atoms with Crippen LogP contribution < -0.4 is 5.32 Å². The lowest BCUT2D eigenvalue weighted by molar-refractivity contribution is -0.162. The van der Waals surface area contributed by atoms with Gasteiger partial charge >= 0.3 is 17.9 Å². The Morgan fingerprint density at radius 2 is 1.48 bits per heavy atom. The van der Waals surface area contributed by atoms with Gasteiger partial charge in [0.2, 0.25) is 0 Å². The fourth-order valence-electron chi connectivity index (χ4n) is 3.16. The molecule has 7 nitrogen and oxygen atoms in total. The minimum Gasteiger partial charge on any atom is -0.468 e. The maximum Gasteiger partial charge on any atom is 0.323 e. The molecular formula is C18H23NO6. The topological polar surface area (TPSA) is 90.9 Å². The van der Waals surface area contributed by atoms with Crippen molar-refractivity contribution in [2.45, 2.75) is 25.9 Å². The average molecular weight is 349 g/mol. The van der Waals surface area contributed by atoms with E-state index in [-0.39, 0.29) is 13.2 Å². The van der Waals surface area contributed by atoms with E-state index in [1.165, 1.54) is 7.11 Å². The van der Waals surface area contributed by atoms with Crippen molar-refractivity contribution >= 4 is 17.9 Å². The highest BCUT2D eigenvalue weighted by Crippen LogP contribution is 2.39. The summed E-state index contributed by atoms with van der Waals surface area (Å²) in [5.74, 6) is -3.69. The molecule has 4 atom stereocenters. The number of nitrogens with one attached hydrogen (secondary N) is 1. The van der Waals surface area contributed by atoms with Gasteiger partial charge in [-0.1, -0.05) is 30.3 Å². The first-order chi connectivity index (χ1) is 12.0. The molecule has 1 N–H and O–H groups in total. The van der Waals surface area contributed by atoms with E-state index < -0.39 is 41.8 Å². The Morgan fingerprint density at radius 3 is 2.00 bits per heavy atom. The molecule has 0 radical (unpaired) electrons. The van der Waals surface area contributed by atoms with E-state index in [0.29, 0.717) is 0 Å². The molecule has 136 valence electrons. The van der Waals surface area contributed by atoms with Gasteiger partial charge in [-0.15, -0.1) is 0 Å². The fraction of sp³-hybridized carbons (Fsp3) is 0.500. The highest BCUT2D eigenvalue weighted by molar-refractivity contribution is 5.91. The van der Waals surface area contributed by atoms with Gasteiger partial charge in [-0.3, -0.25) is 19.7 Å². The number of methoxy groups -OCH3 is 1. The van der Waals surface area contributed by atoms with Crippen LogP contribution in [-0.2, 0) is 28.6 Å². The number of esters is 3. The summed E-state index contributed by atoms with van der Waals surface area (Å²) in [6, 6.07) is 7.60. The molecule has 0 aromatic heterocycles. The second-order valence-corrected chi connectivity index (χ2v) is 5.61. The third-order valence-corrected chi connectivity index (χ3v) is 4.20. The Hall–Kier alpha value is -2.41. The largest absolute Gasteiger partial charge is 0.468 e. The van der Waals surface area contributed by atoms with E-state index in [9.17, 15) is 14.4 Å². The van der Waals surface area contributed by atoms with Crippen molar-refractivity contribution in [2.75, 3.05) is 20.3 Å². The summed E-state index contributed by atoms with van der Waals surface area (Å²) in [5.41, 5.74) is 0.779. The molecule has 0 bridgehead atoms. The van der Waals surface area contributed by atoms with E-state index >= 15 is 0 Å². The Balaban J connectivity index is 2.46. The van der Waals surface area contributed by atoms with Gasteiger partial charge in [0.05, 0.1) is 32.2 Å². The average Bonchev–Trinajstić information content (AvgIpc) is 3.03. The van der Waals surface area contributed by atoms with Crippen LogP contribution in [-0.4, -0.2) is 44.3 Å². The molecule has 1 aromatic rings. The van der Waals surface area contributed by atoms with Crippen molar-refractivity contribution in [1.29, 1.82) is 0 Å². The van der Waals surface area contributed by atoms with Gasteiger partial charge in [-0.05, 0) is 19.4 Å². The number of carbonyl (C=O) groups excluding carboxylic acids is 3. The highest BCUT2D eigenvalue weighted by atomic mass is 16.5. The summed E-state index contributed by atoms with van der Waals surface area (Å²) in [4.78, 5) is 37.3. The van der Waals surface area contributed by atoms with Crippen molar-refractivity contribution in [3.8, 4) is 0 Å². The van der Waals surface area contributed by atoms with Crippen LogP contribution in [0.3, 0.4) is 0 Å². The lowest BCUT2D eigenvalue weighted by atomic mass is 9.84. The molecule has 7 heteroatoms. The quantitative estimate of drug-likeness (QED) is 0.610. The molecule has 0 aliphatic carbocycles. The molecule has 1 heterocycles. The van der Waals surface area contributed by atoms with Gasteiger partial charge in [0.15, 0.2) is 0 Å². The number of rotatable bonds is 6. The molecule has 1 fully saturated rings. The zero-order valence-electron chi connectivity index (χ0n) is 14.6. The van der Waals surface area contributed by atoms with Gasteiger partial charge in [0.1, 0.15) is 6.04 Å². The van der Waals surface area contributed by atoms with Crippen molar-refractivity contribution in [3.63, 3.8) is 0 Å². The van der Waals surface area contributed by atoms with E-state index in [2.05, 4.69) is 5.32 Å². The Bertz CT molecular complexity index is 617. The predicted octanol–water partition coefficient (Wildman–Crippen LogP) is 1.23. The van der Waals surface area contributed by atoms with Gasteiger partial charge in [-0.2, -0.15) is 0 Å². The molecule has 1 aromatic carbocycles. The van der Waals surface area contributed by atoms with Crippen LogP contribution in [0.25, 0.3) is 0 Å². The molecule has 1 aliphatic heterocycles. The summed E-state index contributed by atoms with van der Waals surface area (Å²) < 4.78 is 15.1. The van der Waals surface area contributed by atoms with Crippen LogP contribution in [0.2, 0.25) is 0 Å². The summed E-state index contributed by atoms with van der Waals surface area (Å²) in [5, 5.41) is 3.06. The second kappa shape index (κ2) is 8.62. The minimum absolute atomic E-state index is 0.148. The van der Waals surface area contributed by atoms with Crippen LogP contribution in [0.15, 0.2) is 30.3 Å². The number of hydrogen-bond acceptors (Lipinski definition) is 7. The van der Waals surface area contributed by atoms with Crippen LogP contribution in [0.4, 0.5) is 0 Å². The first-order valence-corrected chi connectivity index (χ1v) is 8.27. The van der Waals surface area contributed by atoms with Gasteiger partial charge in [0, 0.05) is 6.04 Å². The zero-order valence-corrected chi connectivity index (χ0v) is 14.6. The Labute approximate surface area is 146 Å². The third kappa shape index (κ3) is 3.99. The first-order valence-electron chi connectivity index (χ1n) is 8.27. The highest BCUT2D eigenvalue weighted by Gasteiger charge is 2.55. The van der Waals surface area contributed by atoms with Gasteiger partial charge < -0.3 is 14.2 Å². The number of ether oxygens (including phenoxy) is 3. The molecular weight excluding hydrogens is 326 g/mol. The molecule has 0 saturated carbocycles. The molecule has 0 spiro atoms. The monoisotopic (exact) mass is 349 g/mol. The molecule has 1 saturated heterocycles. The van der Waals surface area contributed by atoms with Crippen molar-refractivity contribution < 1.29 is 28.6 Å². The third-order valence-electron chi connectivity index (χ3n) is 4.20. The van der Waals surface area contributed by atoms with Crippen LogP contribution in [0.5, 0.6) is 0 Å². The normalized spacial score (nSPS) is 25.2. The first kappa shape index (κ1) is 18.9. The van der Waals surface area contributed by atoms with E-state index in [1.807, 2.05) is 30.3 Å². The number of carbonyl (C=O) groups is 3. The maximum atomic E-state index is 12.6. The summed E-state index contributed by atoms with van der Waals surface area (Å²) >= 11 is 0. The lowest BCUT2D eigenvalue weighted by Gasteiger charge is -2.22. The number of hydrogen-bond donors (Lipinski definition) is 1. The van der Waals surface area contributed by atoms with Crippen LogP contribution in [0.1, 0.15) is 25.5 Å². The predicted molar refractivity (Wildman–Crippen MR) is 88.4 cm³/mol. The summed E-state index contributed by atoms with van der Waals surface area (Å²) in [6.07, 6.45) is 0. The number of benzene rings is 1. The van der Waals surface area contributed by atoms with Gasteiger partial charge in [0.25, 0.3) is 0 Å². The summed E-state index contributed by atoms with van der Waals surface area (Å²) in [6.45, 7) is 3.68. The van der Waals surface area contributed by atoms with E-state index in [4.69, 9.17) is 14.2 Å². The van der Waals surface area contributed by atoms with Crippen molar-refractivity contribution in [3.05, 3.63) is 35.9 Å². The molecule has 25 heavy (non-hydrogen) atoms. The van der Waals surface area contributed by atoms with E-state index in [1.54, 1.807) is 13.8 Å². The fourth-order valence-corrected chi connectivity index (χ4v) is 3.16. The molecule has 0 unspecified atom stereocenters. The van der Waals surface area contributed by atoms with Crippen molar-refractivity contribution in [2.24, 2.45) is 11.8 Å². The SMILES string of the molecule is CCOC(=O)[C@@H]1[C@H](C(=O)OCC)[C@H](c2ccccc2)N[C@@H]1C(=O)OC. The maximum absolute atomic E-state index is 12.6.